The smallest absolute Gasteiger partial charge is 0.146 e. The van der Waals surface area contributed by atoms with Crippen molar-refractivity contribution in [2.45, 2.75) is 58.5 Å². The van der Waals surface area contributed by atoms with Crippen LogP contribution in [-0.2, 0) is 14.3 Å². The van der Waals surface area contributed by atoms with E-state index >= 15 is 0 Å². The minimum atomic E-state index is 0.124. The van der Waals surface area contributed by atoms with Gasteiger partial charge in [0.25, 0.3) is 0 Å². The van der Waals surface area contributed by atoms with Crippen LogP contribution in [0.3, 0.4) is 0 Å². The normalized spacial score (nSPS) is 42.3. The van der Waals surface area contributed by atoms with Crippen LogP contribution in [0.1, 0.15) is 52.4 Å². The second kappa shape index (κ2) is 4.69. The zero-order valence-corrected chi connectivity index (χ0v) is 11.3. The lowest BCUT2D eigenvalue weighted by Gasteiger charge is -2.56. The molecule has 0 aromatic carbocycles. The van der Waals surface area contributed by atoms with Crippen LogP contribution < -0.4 is 0 Å². The Kier molecular flexibility index (Phi) is 3.60. The monoisotopic (exact) mass is 240 g/mol. The number of fused-ring (bicyclic) bond motifs is 1. The molecule has 98 valence electrons. The van der Waals surface area contributed by atoms with Crippen molar-refractivity contribution in [1.82, 2.24) is 0 Å². The Hall–Kier alpha value is -0.410. The predicted molar refractivity (Wildman–Crippen MR) is 65.7 cm³/mol. The third-order valence-electron chi connectivity index (χ3n) is 5.18. The first kappa shape index (κ1) is 13.0. The van der Waals surface area contributed by atoms with Crippen LogP contribution in [0, 0.1) is 10.8 Å². The van der Waals surface area contributed by atoms with Gasteiger partial charge in [-0.1, -0.05) is 20.3 Å². The molecule has 3 heteroatoms. The van der Waals surface area contributed by atoms with Crippen molar-refractivity contribution in [3.63, 3.8) is 0 Å². The van der Waals surface area contributed by atoms with Gasteiger partial charge in [0.05, 0.1) is 6.10 Å². The van der Waals surface area contributed by atoms with Crippen molar-refractivity contribution in [2.24, 2.45) is 10.8 Å². The molecule has 0 amide bonds. The summed E-state index contributed by atoms with van der Waals surface area (Å²) in [5.41, 5.74) is 0.261. The topological polar surface area (TPSA) is 35.5 Å². The standard InChI is InChI=1S/C14H24O3/c1-13-7-4-5-12(17-10-16-3)14(13,2)8-6-11(15)9-13/h12H,4-10H2,1-3H3/t12-,13+,14+/m0/s1. The van der Waals surface area contributed by atoms with Gasteiger partial charge in [-0.05, 0) is 24.7 Å². The number of ether oxygens (including phenoxy) is 2. The van der Waals surface area contributed by atoms with E-state index in [2.05, 4.69) is 13.8 Å². The highest BCUT2D eigenvalue weighted by Crippen LogP contribution is 2.58. The zero-order chi connectivity index (χ0) is 12.5. The Labute approximate surface area is 104 Å². The van der Waals surface area contributed by atoms with Crippen LogP contribution in [-0.4, -0.2) is 25.8 Å². The van der Waals surface area contributed by atoms with Gasteiger partial charge in [-0.15, -0.1) is 0 Å². The molecule has 0 aromatic heterocycles. The molecule has 0 N–H and O–H groups in total. The van der Waals surface area contributed by atoms with Gasteiger partial charge in [0.15, 0.2) is 0 Å². The average Bonchev–Trinajstić information content (AvgIpc) is 2.28. The molecule has 2 saturated carbocycles. The highest BCUT2D eigenvalue weighted by molar-refractivity contribution is 5.80. The fraction of sp³-hybridized carbons (Fsp3) is 0.929. The maximum Gasteiger partial charge on any atom is 0.146 e. The van der Waals surface area contributed by atoms with E-state index in [0.717, 1.165) is 38.5 Å². The van der Waals surface area contributed by atoms with Crippen LogP contribution in [0.25, 0.3) is 0 Å². The van der Waals surface area contributed by atoms with E-state index in [1.54, 1.807) is 7.11 Å². The van der Waals surface area contributed by atoms with Crippen molar-refractivity contribution in [2.75, 3.05) is 13.9 Å². The Morgan fingerprint density at radius 2 is 2.12 bits per heavy atom. The average molecular weight is 240 g/mol. The van der Waals surface area contributed by atoms with E-state index in [0.29, 0.717) is 12.6 Å². The quantitative estimate of drug-likeness (QED) is 0.711. The minimum Gasteiger partial charge on any atom is -0.359 e. The summed E-state index contributed by atoms with van der Waals surface area (Å²) in [4.78, 5) is 11.7. The molecule has 0 unspecified atom stereocenters. The third-order valence-corrected chi connectivity index (χ3v) is 5.18. The molecular formula is C14H24O3. The maximum absolute atomic E-state index is 11.7. The van der Waals surface area contributed by atoms with Gasteiger partial charge < -0.3 is 9.47 Å². The van der Waals surface area contributed by atoms with Crippen molar-refractivity contribution >= 4 is 5.78 Å². The first-order valence-electron chi connectivity index (χ1n) is 6.64. The number of Topliss-reactive ketones (excluding diaryl/α,β-unsaturated/α-hetero) is 1. The van der Waals surface area contributed by atoms with Crippen molar-refractivity contribution in [3.05, 3.63) is 0 Å². The molecule has 2 fully saturated rings. The summed E-state index contributed by atoms with van der Waals surface area (Å²) in [7, 11) is 1.66. The molecule has 3 nitrogen and oxygen atoms in total. The van der Waals surface area contributed by atoms with E-state index in [1.165, 1.54) is 0 Å². The number of rotatable bonds is 3. The number of carbonyl (C=O) groups excluding carboxylic acids is 1. The van der Waals surface area contributed by atoms with Gasteiger partial charge in [-0.25, -0.2) is 0 Å². The van der Waals surface area contributed by atoms with Gasteiger partial charge in [0.1, 0.15) is 12.6 Å². The van der Waals surface area contributed by atoms with Gasteiger partial charge in [-0.3, -0.25) is 4.79 Å². The second-order valence-corrected chi connectivity index (χ2v) is 6.15. The van der Waals surface area contributed by atoms with Crippen LogP contribution in [0.5, 0.6) is 0 Å². The lowest BCUT2D eigenvalue weighted by molar-refractivity contribution is -0.184. The van der Waals surface area contributed by atoms with Crippen LogP contribution in [0.15, 0.2) is 0 Å². The molecule has 0 heterocycles. The number of carbonyl (C=O) groups is 1. The predicted octanol–water partition coefficient (Wildman–Crippen LogP) is 2.93. The first-order valence-corrected chi connectivity index (χ1v) is 6.64. The number of methoxy groups -OCH3 is 1. The molecule has 2 rings (SSSR count). The van der Waals surface area contributed by atoms with E-state index in [4.69, 9.17) is 9.47 Å². The fourth-order valence-electron chi connectivity index (χ4n) is 3.76. The van der Waals surface area contributed by atoms with E-state index < -0.39 is 0 Å². The fourth-order valence-corrected chi connectivity index (χ4v) is 3.76. The molecule has 0 radical (unpaired) electrons. The number of hydrogen-bond donors (Lipinski definition) is 0. The van der Waals surface area contributed by atoms with Gasteiger partial charge in [0.2, 0.25) is 0 Å². The van der Waals surface area contributed by atoms with E-state index in [1.807, 2.05) is 0 Å². The largest absolute Gasteiger partial charge is 0.359 e. The van der Waals surface area contributed by atoms with E-state index in [9.17, 15) is 4.79 Å². The Balaban J connectivity index is 2.18. The molecular weight excluding hydrogens is 216 g/mol. The molecule has 0 aliphatic heterocycles. The summed E-state index contributed by atoms with van der Waals surface area (Å²) >= 11 is 0. The van der Waals surface area contributed by atoms with Gasteiger partial charge >= 0.3 is 0 Å². The zero-order valence-electron chi connectivity index (χ0n) is 11.3. The summed E-state index contributed by atoms with van der Waals surface area (Å²) in [6.45, 7) is 4.94. The SMILES string of the molecule is COCO[C@H]1CCC[C@]2(C)CC(=O)CC[C@]12C. The molecule has 0 aromatic rings. The van der Waals surface area contributed by atoms with Crippen LogP contribution in [0.2, 0.25) is 0 Å². The lowest BCUT2D eigenvalue weighted by atomic mass is 9.50. The number of hydrogen-bond acceptors (Lipinski definition) is 3. The summed E-state index contributed by atoms with van der Waals surface area (Å²) in [5.74, 6) is 0.428. The third kappa shape index (κ3) is 2.15. The Morgan fingerprint density at radius 3 is 2.82 bits per heavy atom. The van der Waals surface area contributed by atoms with Gasteiger partial charge in [0, 0.05) is 25.4 Å². The second-order valence-electron chi connectivity index (χ2n) is 6.15. The summed E-state index contributed by atoms with van der Waals surface area (Å²) in [5, 5.41) is 0. The van der Waals surface area contributed by atoms with Crippen molar-refractivity contribution < 1.29 is 14.3 Å². The maximum atomic E-state index is 11.7. The molecule has 0 saturated heterocycles. The summed E-state index contributed by atoms with van der Waals surface area (Å²) < 4.78 is 10.9. The van der Waals surface area contributed by atoms with Crippen LogP contribution >= 0.6 is 0 Å². The van der Waals surface area contributed by atoms with Crippen molar-refractivity contribution in [1.29, 1.82) is 0 Å². The molecule has 2 aliphatic rings. The van der Waals surface area contributed by atoms with Gasteiger partial charge in [-0.2, -0.15) is 0 Å². The highest BCUT2D eigenvalue weighted by Gasteiger charge is 2.54. The summed E-state index contributed by atoms with van der Waals surface area (Å²) in [6, 6.07) is 0. The highest BCUT2D eigenvalue weighted by atomic mass is 16.7. The lowest BCUT2D eigenvalue weighted by Crippen LogP contribution is -2.54. The Bertz CT molecular complexity index is 302. The van der Waals surface area contributed by atoms with Crippen molar-refractivity contribution in [3.8, 4) is 0 Å². The number of ketones is 1. The van der Waals surface area contributed by atoms with E-state index in [-0.39, 0.29) is 16.9 Å². The molecule has 17 heavy (non-hydrogen) atoms. The van der Waals surface area contributed by atoms with Crippen LogP contribution in [0.4, 0.5) is 0 Å². The minimum absolute atomic E-state index is 0.124. The summed E-state index contributed by atoms with van der Waals surface area (Å²) in [6.07, 6.45) is 6.08. The Morgan fingerprint density at radius 1 is 1.35 bits per heavy atom. The molecule has 0 bridgehead atoms. The molecule has 0 spiro atoms. The first-order chi connectivity index (χ1) is 8.02. The molecule has 3 atom stereocenters. The molecule has 2 aliphatic carbocycles.